The van der Waals surface area contributed by atoms with Gasteiger partial charge in [-0.1, -0.05) is 6.07 Å². The molecule has 0 aromatic heterocycles. The predicted molar refractivity (Wildman–Crippen MR) is 64.4 cm³/mol. The minimum absolute atomic E-state index is 0.00323. The molecule has 1 atom stereocenters. The average Bonchev–Trinajstić information content (AvgIpc) is 2.81. The highest BCUT2D eigenvalue weighted by Gasteiger charge is 2.25. The van der Waals surface area contributed by atoms with E-state index >= 15 is 0 Å². The van der Waals surface area contributed by atoms with Crippen LogP contribution >= 0.6 is 0 Å². The molecule has 2 rings (SSSR count). The monoisotopic (exact) mass is 270 g/mol. The number of hydrogen-bond donors (Lipinski definition) is 1. The molecule has 6 heteroatoms. The van der Waals surface area contributed by atoms with Crippen LogP contribution < -0.4 is 0 Å². The van der Waals surface area contributed by atoms with Crippen molar-refractivity contribution in [1.29, 1.82) is 0 Å². The Kier molecular flexibility index (Phi) is 3.68. The fourth-order valence-electron chi connectivity index (χ4n) is 1.94. The zero-order chi connectivity index (χ0) is 13.2. The summed E-state index contributed by atoms with van der Waals surface area (Å²) in [5, 5.41) is 8.84. The van der Waals surface area contributed by atoms with Crippen molar-refractivity contribution < 1.29 is 23.1 Å². The maximum absolute atomic E-state index is 12.1. The Balaban J connectivity index is 2.23. The van der Waals surface area contributed by atoms with Crippen molar-refractivity contribution in [2.75, 3.05) is 19.0 Å². The molecule has 1 aromatic carbocycles. The van der Waals surface area contributed by atoms with Crippen LogP contribution in [-0.4, -0.2) is 38.5 Å². The Morgan fingerprint density at radius 1 is 1.44 bits per heavy atom. The molecular weight excluding hydrogens is 256 g/mol. The van der Waals surface area contributed by atoms with Crippen molar-refractivity contribution in [3.8, 4) is 0 Å². The van der Waals surface area contributed by atoms with Crippen molar-refractivity contribution in [2.45, 2.75) is 11.3 Å². The minimum Gasteiger partial charge on any atom is -0.478 e. The highest BCUT2D eigenvalue weighted by Crippen LogP contribution is 2.20. The molecule has 0 spiro atoms. The third-order valence-corrected chi connectivity index (χ3v) is 4.80. The lowest BCUT2D eigenvalue weighted by Crippen LogP contribution is -2.17. The fraction of sp³-hybridized carbons (Fsp3) is 0.417. The summed E-state index contributed by atoms with van der Waals surface area (Å²) in [7, 11) is -3.44. The second kappa shape index (κ2) is 5.07. The fourth-order valence-corrected chi connectivity index (χ4v) is 3.61. The quantitative estimate of drug-likeness (QED) is 0.889. The van der Waals surface area contributed by atoms with Gasteiger partial charge in [-0.3, -0.25) is 0 Å². The molecule has 1 fully saturated rings. The normalized spacial score (nSPS) is 19.9. The Morgan fingerprint density at radius 3 is 2.83 bits per heavy atom. The van der Waals surface area contributed by atoms with E-state index in [9.17, 15) is 13.2 Å². The van der Waals surface area contributed by atoms with E-state index in [1.807, 2.05) is 0 Å². The van der Waals surface area contributed by atoms with Crippen molar-refractivity contribution in [3.63, 3.8) is 0 Å². The van der Waals surface area contributed by atoms with E-state index in [4.69, 9.17) is 9.84 Å². The lowest BCUT2D eigenvalue weighted by atomic mass is 10.2. The Labute approximate surface area is 105 Å². The first-order valence-electron chi connectivity index (χ1n) is 5.63. The van der Waals surface area contributed by atoms with Crippen LogP contribution in [0.2, 0.25) is 0 Å². The zero-order valence-corrected chi connectivity index (χ0v) is 10.5. The summed E-state index contributed by atoms with van der Waals surface area (Å²) < 4.78 is 29.4. The van der Waals surface area contributed by atoms with Crippen molar-refractivity contribution >= 4 is 15.8 Å². The van der Waals surface area contributed by atoms with Gasteiger partial charge in [0.05, 0.1) is 22.8 Å². The van der Waals surface area contributed by atoms with Crippen LogP contribution in [0.25, 0.3) is 0 Å². The largest absolute Gasteiger partial charge is 0.478 e. The summed E-state index contributed by atoms with van der Waals surface area (Å²) in [5.74, 6) is -1.12. The van der Waals surface area contributed by atoms with Gasteiger partial charge in [-0.2, -0.15) is 0 Å². The van der Waals surface area contributed by atoms with Crippen molar-refractivity contribution in [3.05, 3.63) is 29.8 Å². The highest BCUT2D eigenvalue weighted by atomic mass is 32.2. The summed E-state index contributed by atoms with van der Waals surface area (Å²) in [6.45, 7) is 1.05. The summed E-state index contributed by atoms with van der Waals surface area (Å²) in [4.78, 5) is 10.9. The van der Waals surface area contributed by atoms with Crippen LogP contribution in [0.4, 0.5) is 0 Å². The van der Waals surface area contributed by atoms with Crippen LogP contribution in [0.1, 0.15) is 16.8 Å². The van der Waals surface area contributed by atoms with Gasteiger partial charge in [0.2, 0.25) is 0 Å². The molecule has 5 nitrogen and oxygen atoms in total. The predicted octanol–water partition coefficient (Wildman–Crippen LogP) is 1.20. The maximum Gasteiger partial charge on any atom is 0.335 e. The first-order valence-corrected chi connectivity index (χ1v) is 7.28. The minimum atomic E-state index is -3.44. The number of aromatic carboxylic acids is 1. The van der Waals surface area contributed by atoms with Crippen molar-refractivity contribution in [2.24, 2.45) is 5.92 Å². The molecule has 0 saturated carbocycles. The second-order valence-electron chi connectivity index (χ2n) is 4.34. The molecule has 18 heavy (non-hydrogen) atoms. The number of sulfone groups is 1. The number of hydrogen-bond acceptors (Lipinski definition) is 4. The lowest BCUT2D eigenvalue weighted by molar-refractivity contribution is 0.0696. The molecule has 1 aliphatic heterocycles. The summed E-state index contributed by atoms with van der Waals surface area (Å²) in [6, 6.07) is 5.45. The van der Waals surface area contributed by atoms with Crippen LogP contribution in [0.15, 0.2) is 29.2 Å². The molecule has 1 N–H and O–H groups in total. The molecule has 0 amide bonds. The Hall–Kier alpha value is -1.40. The molecule has 1 unspecified atom stereocenters. The van der Waals surface area contributed by atoms with E-state index in [-0.39, 0.29) is 22.1 Å². The molecule has 0 bridgehead atoms. The molecule has 1 aliphatic rings. The SMILES string of the molecule is O=C(O)c1cccc(S(=O)(=O)CC2CCOC2)c1. The van der Waals surface area contributed by atoms with Gasteiger partial charge in [-0.05, 0) is 30.5 Å². The third-order valence-electron chi connectivity index (χ3n) is 2.92. The van der Waals surface area contributed by atoms with Crippen LogP contribution in [0, 0.1) is 5.92 Å². The molecular formula is C12H14O5S. The second-order valence-corrected chi connectivity index (χ2v) is 6.38. The van der Waals surface area contributed by atoms with E-state index in [1.165, 1.54) is 24.3 Å². The van der Waals surface area contributed by atoms with E-state index in [2.05, 4.69) is 0 Å². The Morgan fingerprint density at radius 2 is 2.22 bits per heavy atom. The van der Waals surface area contributed by atoms with Gasteiger partial charge in [-0.25, -0.2) is 13.2 Å². The van der Waals surface area contributed by atoms with E-state index < -0.39 is 15.8 Å². The smallest absolute Gasteiger partial charge is 0.335 e. The molecule has 98 valence electrons. The van der Waals surface area contributed by atoms with Gasteiger partial charge < -0.3 is 9.84 Å². The molecule has 1 aromatic rings. The van der Waals surface area contributed by atoms with E-state index in [1.54, 1.807) is 0 Å². The summed E-state index contributed by atoms with van der Waals surface area (Å²) >= 11 is 0. The summed E-state index contributed by atoms with van der Waals surface area (Å²) in [5.41, 5.74) is -0.0150. The standard InChI is InChI=1S/C12H14O5S/c13-12(14)10-2-1-3-11(6-10)18(15,16)8-9-4-5-17-7-9/h1-3,6,9H,4-5,7-8H2,(H,13,14). The number of rotatable bonds is 4. The lowest BCUT2D eigenvalue weighted by Gasteiger charge is -2.09. The average molecular weight is 270 g/mol. The Bertz CT molecular complexity index is 543. The molecule has 1 saturated heterocycles. The van der Waals surface area contributed by atoms with Gasteiger partial charge >= 0.3 is 5.97 Å². The van der Waals surface area contributed by atoms with Gasteiger partial charge in [0.15, 0.2) is 9.84 Å². The van der Waals surface area contributed by atoms with Gasteiger partial charge in [0.1, 0.15) is 0 Å². The number of carbonyl (C=O) groups is 1. The van der Waals surface area contributed by atoms with Crippen molar-refractivity contribution in [1.82, 2.24) is 0 Å². The third kappa shape index (κ3) is 2.88. The van der Waals surface area contributed by atoms with Gasteiger partial charge in [0, 0.05) is 6.61 Å². The van der Waals surface area contributed by atoms with Crippen LogP contribution in [0.3, 0.4) is 0 Å². The number of ether oxygens (including phenoxy) is 1. The van der Waals surface area contributed by atoms with E-state index in [0.717, 1.165) is 6.42 Å². The molecule has 1 heterocycles. The molecule has 0 radical (unpaired) electrons. The van der Waals surface area contributed by atoms with Crippen LogP contribution in [0.5, 0.6) is 0 Å². The van der Waals surface area contributed by atoms with Gasteiger partial charge in [-0.15, -0.1) is 0 Å². The number of carboxylic acid groups (broad SMARTS) is 1. The summed E-state index contributed by atoms with van der Waals surface area (Å²) in [6.07, 6.45) is 0.734. The van der Waals surface area contributed by atoms with E-state index in [0.29, 0.717) is 13.2 Å². The first kappa shape index (κ1) is 13.0. The zero-order valence-electron chi connectivity index (χ0n) is 9.70. The van der Waals surface area contributed by atoms with Crippen LogP contribution in [-0.2, 0) is 14.6 Å². The first-order chi connectivity index (χ1) is 8.49. The highest BCUT2D eigenvalue weighted by molar-refractivity contribution is 7.91. The number of carboxylic acids is 1. The maximum atomic E-state index is 12.1. The topological polar surface area (TPSA) is 80.7 Å². The van der Waals surface area contributed by atoms with Gasteiger partial charge in [0.25, 0.3) is 0 Å². The number of benzene rings is 1. The molecule has 0 aliphatic carbocycles.